The number of aliphatic hydroxyl groups excluding tert-OH is 1. The Balaban J connectivity index is 2.70. The van der Waals surface area contributed by atoms with Gasteiger partial charge in [-0.3, -0.25) is 0 Å². The third-order valence-corrected chi connectivity index (χ3v) is 2.97. The highest BCUT2D eigenvalue weighted by atomic mass is 79.9. The molecule has 0 aliphatic heterocycles. The molecule has 0 amide bonds. The van der Waals surface area contributed by atoms with Gasteiger partial charge in [0, 0.05) is 11.1 Å². The summed E-state index contributed by atoms with van der Waals surface area (Å²) in [6, 6.07) is 5.08. The lowest BCUT2D eigenvalue weighted by atomic mass is 9.95. The Morgan fingerprint density at radius 3 is 2.73 bits per heavy atom. The van der Waals surface area contributed by atoms with E-state index in [1.54, 1.807) is 6.07 Å². The number of hydrogen-bond donors (Lipinski definition) is 1. The highest BCUT2D eigenvalue weighted by molar-refractivity contribution is 9.10. The first kappa shape index (κ1) is 12.7. The van der Waals surface area contributed by atoms with Crippen molar-refractivity contribution in [2.45, 2.75) is 26.2 Å². The molecule has 1 aromatic rings. The van der Waals surface area contributed by atoms with Crippen LogP contribution in [0.5, 0.6) is 0 Å². The molecule has 0 saturated heterocycles. The van der Waals surface area contributed by atoms with Crippen LogP contribution in [0, 0.1) is 11.7 Å². The summed E-state index contributed by atoms with van der Waals surface area (Å²) >= 11 is 3.22. The van der Waals surface area contributed by atoms with Crippen LogP contribution in [0.1, 0.15) is 25.3 Å². The zero-order chi connectivity index (χ0) is 11.3. The average molecular weight is 275 g/mol. The van der Waals surface area contributed by atoms with Gasteiger partial charge in [-0.1, -0.05) is 35.3 Å². The fourth-order valence-electron chi connectivity index (χ4n) is 1.66. The lowest BCUT2D eigenvalue weighted by molar-refractivity contribution is 0.216. The van der Waals surface area contributed by atoms with Gasteiger partial charge < -0.3 is 5.11 Å². The Hall–Kier alpha value is -0.410. The van der Waals surface area contributed by atoms with E-state index >= 15 is 0 Å². The zero-order valence-corrected chi connectivity index (χ0v) is 10.4. The van der Waals surface area contributed by atoms with Crippen LogP contribution in [0.2, 0.25) is 0 Å². The second-order valence-corrected chi connectivity index (χ2v) is 4.69. The van der Waals surface area contributed by atoms with Gasteiger partial charge in [-0.2, -0.15) is 0 Å². The summed E-state index contributed by atoms with van der Waals surface area (Å²) in [4.78, 5) is 0. The number of hydrogen-bond acceptors (Lipinski definition) is 1. The lowest BCUT2D eigenvalue weighted by Gasteiger charge is -2.13. The van der Waals surface area contributed by atoms with E-state index in [4.69, 9.17) is 5.11 Å². The summed E-state index contributed by atoms with van der Waals surface area (Å²) in [6.07, 6.45) is 2.57. The van der Waals surface area contributed by atoms with E-state index in [0.29, 0.717) is 12.0 Å². The predicted octanol–water partition coefficient (Wildman–Crippen LogP) is 3.54. The molecule has 1 rings (SSSR count). The molecule has 84 valence electrons. The Morgan fingerprint density at radius 1 is 1.47 bits per heavy atom. The van der Waals surface area contributed by atoms with Gasteiger partial charge in [-0.05, 0) is 36.5 Å². The van der Waals surface area contributed by atoms with Crippen molar-refractivity contribution in [1.29, 1.82) is 0 Å². The van der Waals surface area contributed by atoms with Crippen LogP contribution < -0.4 is 0 Å². The van der Waals surface area contributed by atoms with Gasteiger partial charge in [0.15, 0.2) is 0 Å². The fraction of sp³-hybridized carbons (Fsp3) is 0.500. The SMILES string of the molecule is CCCC(CO)Cc1ccc(Br)cc1F. The Labute approximate surface area is 98.4 Å². The molecular formula is C12H16BrFO. The maximum Gasteiger partial charge on any atom is 0.127 e. The molecule has 0 aliphatic carbocycles. The van der Waals surface area contributed by atoms with Crippen LogP contribution in [0.25, 0.3) is 0 Å². The normalized spacial score (nSPS) is 12.8. The maximum atomic E-state index is 13.5. The van der Waals surface area contributed by atoms with Crippen molar-refractivity contribution in [3.05, 3.63) is 34.1 Å². The van der Waals surface area contributed by atoms with Crippen LogP contribution in [-0.4, -0.2) is 11.7 Å². The molecule has 0 radical (unpaired) electrons. The summed E-state index contributed by atoms with van der Waals surface area (Å²) in [5.41, 5.74) is 0.686. The molecular weight excluding hydrogens is 259 g/mol. The fourth-order valence-corrected chi connectivity index (χ4v) is 2.00. The monoisotopic (exact) mass is 274 g/mol. The molecule has 0 fully saturated rings. The molecule has 0 saturated carbocycles. The molecule has 1 unspecified atom stereocenters. The van der Waals surface area contributed by atoms with Crippen LogP contribution in [0.15, 0.2) is 22.7 Å². The smallest absolute Gasteiger partial charge is 0.127 e. The Morgan fingerprint density at radius 2 is 2.20 bits per heavy atom. The summed E-state index contributed by atoms with van der Waals surface area (Å²) in [7, 11) is 0. The first-order valence-electron chi connectivity index (χ1n) is 5.22. The first-order chi connectivity index (χ1) is 7.17. The van der Waals surface area contributed by atoms with Crippen molar-refractivity contribution < 1.29 is 9.50 Å². The third-order valence-electron chi connectivity index (χ3n) is 2.48. The van der Waals surface area contributed by atoms with Crippen molar-refractivity contribution in [2.75, 3.05) is 6.61 Å². The van der Waals surface area contributed by atoms with Crippen molar-refractivity contribution in [3.63, 3.8) is 0 Å². The number of halogens is 2. The van der Waals surface area contributed by atoms with Gasteiger partial charge in [-0.15, -0.1) is 0 Å². The zero-order valence-electron chi connectivity index (χ0n) is 8.84. The van der Waals surface area contributed by atoms with Gasteiger partial charge >= 0.3 is 0 Å². The van der Waals surface area contributed by atoms with E-state index < -0.39 is 0 Å². The average Bonchev–Trinajstić information content (AvgIpc) is 2.21. The van der Waals surface area contributed by atoms with Crippen LogP contribution >= 0.6 is 15.9 Å². The van der Waals surface area contributed by atoms with Crippen molar-refractivity contribution in [1.82, 2.24) is 0 Å². The Bertz CT molecular complexity index is 314. The summed E-state index contributed by atoms with van der Waals surface area (Å²) in [5, 5.41) is 9.13. The van der Waals surface area contributed by atoms with E-state index in [9.17, 15) is 4.39 Å². The minimum absolute atomic E-state index is 0.128. The molecule has 0 bridgehead atoms. The summed E-state index contributed by atoms with van der Waals surface area (Å²) in [6.45, 7) is 2.20. The van der Waals surface area contributed by atoms with Crippen molar-refractivity contribution >= 4 is 15.9 Å². The van der Waals surface area contributed by atoms with E-state index in [1.165, 1.54) is 6.07 Å². The van der Waals surface area contributed by atoms with Gasteiger partial charge in [0.1, 0.15) is 5.82 Å². The topological polar surface area (TPSA) is 20.2 Å². The van der Waals surface area contributed by atoms with Crippen LogP contribution in [0.4, 0.5) is 4.39 Å². The van der Waals surface area contributed by atoms with Gasteiger partial charge in [0.2, 0.25) is 0 Å². The van der Waals surface area contributed by atoms with E-state index in [0.717, 1.165) is 17.3 Å². The molecule has 0 aliphatic rings. The second-order valence-electron chi connectivity index (χ2n) is 3.78. The van der Waals surface area contributed by atoms with Crippen molar-refractivity contribution in [3.8, 4) is 0 Å². The van der Waals surface area contributed by atoms with E-state index in [2.05, 4.69) is 22.9 Å². The Kier molecular flexibility index (Phi) is 5.26. The minimum Gasteiger partial charge on any atom is -0.396 e. The molecule has 3 heteroatoms. The minimum atomic E-state index is -0.195. The summed E-state index contributed by atoms with van der Waals surface area (Å²) < 4.78 is 14.2. The molecule has 1 atom stereocenters. The molecule has 0 aromatic heterocycles. The third kappa shape index (κ3) is 3.92. The van der Waals surface area contributed by atoms with Crippen LogP contribution in [-0.2, 0) is 6.42 Å². The van der Waals surface area contributed by atoms with E-state index in [1.807, 2.05) is 6.07 Å². The molecule has 1 aromatic carbocycles. The highest BCUT2D eigenvalue weighted by Gasteiger charge is 2.10. The number of benzene rings is 1. The standard InChI is InChI=1S/C12H16BrFO/c1-2-3-9(8-15)6-10-4-5-11(13)7-12(10)14/h4-5,7,9,15H,2-3,6,8H2,1H3. The molecule has 15 heavy (non-hydrogen) atoms. The predicted molar refractivity (Wildman–Crippen MR) is 63.3 cm³/mol. The van der Waals surface area contributed by atoms with Crippen LogP contribution in [0.3, 0.4) is 0 Å². The maximum absolute atomic E-state index is 13.5. The first-order valence-corrected chi connectivity index (χ1v) is 6.01. The van der Waals surface area contributed by atoms with Gasteiger partial charge in [0.05, 0.1) is 0 Å². The second kappa shape index (κ2) is 6.23. The van der Waals surface area contributed by atoms with Gasteiger partial charge in [0.25, 0.3) is 0 Å². The largest absolute Gasteiger partial charge is 0.396 e. The quantitative estimate of drug-likeness (QED) is 0.871. The molecule has 0 heterocycles. The molecule has 1 N–H and O–H groups in total. The summed E-state index contributed by atoms with van der Waals surface area (Å²) in [5.74, 6) is -0.0235. The van der Waals surface area contributed by atoms with Gasteiger partial charge in [-0.25, -0.2) is 4.39 Å². The molecule has 1 nitrogen and oxygen atoms in total. The lowest BCUT2D eigenvalue weighted by Crippen LogP contribution is -2.10. The molecule has 0 spiro atoms. The number of aliphatic hydroxyl groups is 1. The number of rotatable bonds is 5. The van der Waals surface area contributed by atoms with E-state index in [-0.39, 0.29) is 18.3 Å². The van der Waals surface area contributed by atoms with Crippen molar-refractivity contribution in [2.24, 2.45) is 5.92 Å². The highest BCUT2D eigenvalue weighted by Crippen LogP contribution is 2.20.